The number of aryl methyl sites for hydroxylation is 1. The zero-order valence-electron chi connectivity index (χ0n) is 14.6. The number of carbonyl (C=O) groups excluding carboxylic acids is 1. The van der Waals surface area contributed by atoms with Gasteiger partial charge in [-0.15, -0.1) is 0 Å². The second-order valence-electron chi connectivity index (χ2n) is 6.02. The second-order valence-corrected chi connectivity index (χ2v) is 7.67. The van der Waals surface area contributed by atoms with Crippen LogP contribution in [0, 0.1) is 6.92 Å². The van der Waals surface area contributed by atoms with Gasteiger partial charge in [0.25, 0.3) is 15.9 Å². The fourth-order valence-corrected chi connectivity index (χ4v) is 3.90. The molecule has 0 bridgehead atoms. The number of benzene rings is 2. The van der Waals surface area contributed by atoms with Gasteiger partial charge >= 0.3 is 6.18 Å². The van der Waals surface area contributed by atoms with Crippen molar-refractivity contribution in [2.45, 2.75) is 18.0 Å². The first-order valence-electron chi connectivity index (χ1n) is 8.07. The highest BCUT2D eigenvalue weighted by atomic mass is 32.2. The molecule has 0 saturated heterocycles. The smallest absolute Gasteiger partial charge is 0.324 e. The maximum atomic E-state index is 13.1. The van der Waals surface area contributed by atoms with Gasteiger partial charge in [-0.1, -0.05) is 18.2 Å². The predicted molar refractivity (Wildman–Crippen MR) is 96.6 cm³/mol. The molecule has 0 aliphatic heterocycles. The molecule has 28 heavy (non-hydrogen) atoms. The van der Waals surface area contributed by atoms with Gasteiger partial charge in [0.1, 0.15) is 0 Å². The molecule has 0 atom stereocenters. The van der Waals surface area contributed by atoms with Crippen LogP contribution in [-0.2, 0) is 16.2 Å². The first-order valence-corrected chi connectivity index (χ1v) is 9.55. The van der Waals surface area contributed by atoms with Crippen LogP contribution in [0.4, 0.5) is 13.2 Å². The maximum absolute atomic E-state index is 13.1. The van der Waals surface area contributed by atoms with Crippen LogP contribution in [0.2, 0.25) is 0 Å². The standard InChI is InChI=1S/C19H15F3N2O3S/c1-13-8-9-14(12-16(13)24-10-4-5-11-24)18(25)23-28(26,27)17-7-3-2-6-15(17)19(20,21)22/h2-12H,1H3,(H,23,25). The Morgan fingerprint density at radius 1 is 1.00 bits per heavy atom. The number of aromatic nitrogens is 1. The number of carbonyl (C=O) groups is 1. The van der Waals surface area contributed by atoms with Crippen molar-refractivity contribution >= 4 is 15.9 Å². The average molecular weight is 408 g/mol. The van der Waals surface area contributed by atoms with Gasteiger partial charge in [-0.2, -0.15) is 13.2 Å². The normalized spacial score (nSPS) is 12.0. The van der Waals surface area contributed by atoms with Crippen LogP contribution in [0.25, 0.3) is 5.69 Å². The Morgan fingerprint density at radius 3 is 2.29 bits per heavy atom. The molecule has 2 aromatic carbocycles. The molecule has 1 amide bonds. The lowest BCUT2D eigenvalue weighted by molar-refractivity contribution is -0.139. The third-order valence-corrected chi connectivity index (χ3v) is 5.45. The van der Waals surface area contributed by atoms with Gasteiger partial charge in [-0.05, 0) is 48.9 Å². The van der Waals surface area contributed by atoms with Crippen molar-refractivity contribution in [3.05, 3.63) is 83.7 Å². The molecule has 0 fully saturated rings. The molecule has 5 nitrogen and oxygen atoms in total. The van der Waals surface area contributed by atoms with E-state index in [1.165, 1.54) is 12.1 Å². The van der Waals surface area contributed by atoms with E-state index in [2.05, 4.69) is 0 Å². The Morgan fingerprint density at radius 2 is 1.64 bits per heavy atom. The van der Waals surface area contributed by atoms with Gasteiger partial charge in [-0.25, -0.2) is 13.1 Å². The lowest BCUT2D eigenvalue weighted by atomic mass is 10.1. The lowest BCUT2D eigenvalue weighted by Gasteiger charge is -2.14. The number of hydrogen-bond donors (Lipinski definition) is 1. The Labute approximate surface area is 159 Å². The number of amides is 1. The molecule has 146 valence electrons. The third-order valence-electron chi connectivity index (χ3n) is 4.06. The summed E-state index contributed by atoms with van der Waals surface area (Å²) in [6.45, 7) is 1.81. The number of nitrogens with one attached hydrogen (secondary N) is 1. The van der Waals surface area contributed by atoms with Crippen LogP contribution in [0.1, 0.15) is 21.5 Å². The van der Waals surface area contributed by atoms with Crippen molar-refractivity contribution < 1.29 is 26.4 Å². The van der Waals surface area contributed by atoms with E-state index in [4.69, 9.17) is 0 Å². The number of sulfonamides is 1. The number of hydrogen-bond acceptors (Lipinski definition) is 3. The number of halogens is 3. The Hall–Kier alpha value is -3.07. The van der Waals surface area contributed by atoms with Gasteiger partial charge < -0.3 is 4.57 Å². The summed E-state index contributed by atoms with van der Waals surface area (Å²) >= 11 is 0. The molecule has 0 aliphatic rings. The topological polar surface area (TPSA) is 68.2 Å². The van der Waals surface area contributed by atoms with E-state index in [9.17, 15) is 26.4 Å². The first kappa shape index (κ1) is 19.7. The first-order chi connectivity index (χ1) is 13.1. The summed E-state index contributed by atoms with van der Waals surface area (Å²) in [5.74, 6) is -1.02. The zero-order chi connectivity index (χ0) is 20.5. The Bertz CT molecular complexity index is 1120. The molecule has 3 aromatic rings. The van der Waals surface area contributed by atoms with Gasteiger partial charge in [-0.3, -0.25) is 4.79 Å². The summed E-state index contributed by atoms with van der Waals surface area (Å²) in [7, 11) is -4.72. The highest BCUT2D eigenvalue weighted by Crippen LogP contribution is 2.33. The molecule has 1 N–H and O–H groups in total. The lowest BCUT2D eigenvalue weighted by Crippen LogP contribution is -2.32. The summed E-state index contributed by atoms with van der Waals surface area (Å²) in [4.78, 5) is 11.4. The minimum atomic E-state index is -4.88. The molecule has 0 unspecified atom stereocenters. The molecule has 0 aliphatic carbocycles. The summed E-state index contributed by atoms with van der Waals surface area (Å²) in [6, 6.07) is 11.7. The van der Waals surface area contributed by atoms with E-state index in [1.807, 2.05) is 6.92 Å². The fraction of sp³-hybridized carbons (Fsp3) is 0.105. The van der Waals surface area contributed by atoms with Crippen LogP contribution in [-0.4, -0.2) is 18.9 Å². The van der Waals surface area contributed by atoms with Crippen LogP contribution in [0.15, 0.2) is 71.9 Å². The molecule has 1 aromatic heterocycles. The Kier molecular flexibility index (Phi) is 5.03. The van der Waals surface area contributed by atoms with Crippen LogP contribution < -0.4 is 4.72 Å². The summed E-state index contributed by atoms with van der Waals surface area (Å²) in [5, 5.41) is 0. The average Bonchev–Trinajstić information content (AvgIpc) is 3.15. The minimum Gasteiger partial charge on any atom is -0.324 e. The molecule has 0 spiro atoms. The molecule has 3 rings (SSSR count). The van der Waals surface area contributed by atoms with Crippen molar-refractivity contribution in [2.24, 2.45) is 0 Å². The molecular formula is C19H15F3N2O3S. The monoisotopic (exact) mass is 408 g/mol. The van der Waals surface area contributed by atoms with Crippen molar-refractivity contribution in [2.75, 3.05) is 0 Å². The largest absolute Gasteiger partial charge is 0.417 e. The SMILES string of the molecule is Cc1ccc(C(=O)NS(=O)(=O)c2ccccc2C(F)(F)F)cc1-n1cccc1. The van der Waals surface area contributed by atoms with E-state index < -0.39 is 32.6 Å². The van der Waals surface area contributed by atoms with E-state index in [0.29, 0.717) is 11.8 Å². The van der Waals surface area contributed by atoms with Crippen LogP contribution in [0.3, 0.4) is 0 Å². The molecule has 0 radical (unpaired) electrons. The molecular weight excluding hydrogens is 393 g/mol. The predicted octanol–water partition coefficient (Wildman–Crippen LogP) is 3.92. The van der Waals surface area contributed by atoms with Crippen LogP contribution in [0.5, 0.6) is 0 Å². The number of nitrogens with zero attached hydrogens (tertiary/aromatic N) is 1. The number of alkyl halides is 3. The van der Waals surface area contributed by atoms with E-state index >= 15 is 0 Å². The second kappa shape index (κ2) is 7.16. The highest BCUT2D eigenvalue weighted by molar-refractivity contribution is 7.90. The highest BCUT2D eigenvalue weighted by Gasteiger charge is 2.37. The maximum Gasteiger partial charge on any atom is 0.417 e. The molecule has 1 heterocycles. The Balaban J connectivity index is 1.95. The minimum absolute atomic E-state index is 0.00219. The van der Waals surface area contributed by atoms with Crippen molar-refractivity contribution in [3.63, 3.8) is 0 Å². The molecule has 9 heteroatoms. The van der Waals surface area contributed by atoms with Crippen LogP contribution >= 0.6 is 0 Å². The third kappa shape index (κ3) is 3.94. The van der Waals surface area contributed by atoms with E-state index in [1.54, 1.807) is 39.9 Å². The van der Waals surface area contributed by atoms with E-state index in [0.717, 1.165) is 23.8 Å². The van der Waals surface area contributed by atoms with Gasteiger partial charge in [0, 0.05) is 23.6 Å². The fourth-order valence-electron chi connectivity index (χ4n) is 2.70. The van der Waals surface area contributed by atoms with Gasteiger partial charge in [0.05, 0.1) is 10.5 Å². The van der Waals surface area contributed by atoms with Crippen molar-refractivity contribution in [3.8, 4) is 5.69 Å². The van der Waals surface area contributed by atoms with Crippen molar-refractivity contribution in [1.29, 1.82) is 0 Å². The quantitative estimate of drug-likeness (QED) is 0.712. The van der Waals surface area contributed by atoms with Crippen molar-refractivity contribution in [1.82, 2.24) is 9.29 Å². The summed E-state index contributed by atoms with van der Waals surface area (Å²) in [5.41, 5.74) is 0.137. The van der Waals surface area contributed by atoms with Gasteiger partial charge in [0.2, 0.25) is 0 Å². The summed E-state index contributed by atoms with van der Waals surface area (Å²) < 4.78 is 67.6. The zero-order valence-corrected chi connectivity index (χ0v) is 15.4. The molecule has 0 saturated carbocycles. The number of rotatable bonds is 4. The van der Waals surface area contributed by atoms with E-state index in [-0.39, 0.29) is 5.56 Å². The van der Waals surface area contributed by atoms with Gasteiger partial charge in [0.15, 0.2) is 0 Å². The summed E-state index contributed by atoms with van der Waals surface area (Å²) in [6.07, 6.45) is -1.37.